The Balaban J connectivity index is 1.49. The first-order valence-electron chi connectivity index (χ1n) is 10.4. The summed E-state index contributed by atoms with van der Waals surface area (Å²) in [6.45, 7) is 2.28. The molecule has 2 aromatic heterocycles. The lowest BCUT2D eigenvalue weighted by atomic mass is 10.1. The number of nitrogens with zero attached hydrogens (tertiary/aromatic N) is 4. The van der Waals surface area contributed by atoms with Crippen molar-refractivity contribution < 1.29 is 13.2 Å². The topological polar surface area (TPSA) is 42.5 Å². The summed E-state index contributed by atoms with van der Waals surface area (Å²) in [7, 11) is 0. The van der Waals surface area contributed by atoms with E-state index < -0.39 is 11.7 Å². The van der Waals surface area contributed by atoms with Gasteiger partial charge < -0.3 is 0 Å². The Hall–Kier alpha value is -3.39. The monoisotopic (exact) mass is 438 g/mol. The number of benzene rings is 2. The largest absolute Gasteiger partial charge is 0.416 e. The third-order valence-electron chi connectivity index (χ3n) is 5.96. The molecule has 0 N–H and O–H groups in total. The predicted molar refractivity (Wildman–Crippen MR) is 114 cm³/mol. The molecule has 1 aliphatic rings. The lowest BCUT2D eigenvalue weighted by Gasteiger charge is -2.29. The average Bonchev–Trinajstić information content (AvgIpc) is 3.27. The second kappa shape index (κ2) is 7.94. The summed E-state index contributed by atoms with van der Waals surface area (Å²) in [6, 6.07) is 15.0. The molecular weight excluding hydrogens is 417 g/mol. The highest BCUT2D eigenvalue weighted by Crippen LogP contribution is 2.29. The third-order valence-corrected chi connectivity index (χ3v) is 5.96. The van der Waals surface area contributed by atoms with Crippen molar-refractivity contribution in [3.63, 3.8) is 0 Å². The van der Waals surface area contributed by atoms with Gasteiger partial charge in [-0.05, 0) is 23.3 Å². The number of hydrogen-bond acceptors (Lipinski definition) is 3. The van der Waals surface area contributed by atoms with E-state index in [1.54, 1.807) is 17.1 Å². The number of hydrogen-bond donors (Lipinski definition) is 0. The molecular formula is C24H21F3N4O. The summed E-state index contributed by atoms with van der Waals surface area (Å²) >= 11 is 0. The van der Waals surface area contributed by atoms with E-state index in [2.05, 4.69) is 22.0 Å². The van der Waals surface area contributed by atoms with Crippen molar-refractivity contribution in [3.8, 4) is 0 Å². The van der Waals surface area contributed by atoms with Crippen LogP contribution in [0.15, 0.2) is 71.9 Å². The molecule has 0 radical (unpaired) electrons. The maximum absolute atomic E-state index is 13.5. The quantitative estimate of drug-likeness (QED) is 0.481. The van der Waals surface area contributed by atoms with Crippen LogP contribution < -0.4 is 5.56 Å². The molecule has 0 aliphatic carbocycles. The second-order valence-corrected chi connectivity index (χ2v) is 8.08. The highest BCUT2D eigenvalue weighted by Gasteiger charge is 2.30. The maximum Gasteiger partial charge on any atom is 0.416 e. The highest BCUT2D eigenvalue weighted by atomic mass is 19.4. The zero-order valence-electron chi connectivity index (χ0n) is 17.2. The zero-order valence-corrected chi connectivity index (χ0v) is 17.2. The maximum atomic E-state index is 13.5. The van der Waals surface area contributed by atoms with Crippen molar-refractivity contribution in [2.45, 2.75) is 32.2 Å². The first kappa shape index (κ1) is 20.5. The van der Waals surface area contributed by atoms with Gasteiger partial charge in [0, 0.05) is 31.7 Å². The van der Waals surface area contributed by atoms with Gasteiger partial charge in [0.2, 0.25) is 0 Å². The minimum Gasteiger partial charge on any atom is -0.294 e. The van der Waals surface area contributed by atoms with E-state index >= 15 is 0 Å². The number of rotatable bonds is 4. The first-order valence-corrected chi connectivity index (χ1v) is 10.4. The van der Waals surface area contributed by atoms with Gasteiger partial charge in [0.25, 0.3) is 5.56 Å². The van der Waals surface area contributed by atoms with Crippen molar-refractivity contribution in [2.24, 2.45) is 0 Å². The van der Waals surface area contributed by atoms with E-state index in [-0.39, 0.29) is 12.1 Å². The number of alkyl halides is 3. The summed E-state index contributed by atoms with van der Waals surface area (Å²) in [6.07, 6.45) is -0.334. The molecule has 3 heterocycles. The van der Waals surface area contributed by atoms with Crippen LogP contribution in [0.1, 0.15) is 27.9 Å². The molecule has 0 amide bonds. The molecule has 8 heteroatoms. The fraction of sp³-hybridized carbons (Fsp3) is 0.250. The molecule has 0 saturated heterocycles. The van der Waals surface area contributed by atoms with Crippen LogP contribution in [0.2, 0.25) is 0 Å². The summed E-state index contributed by atoms with van der Waals surface area (Å²) in [5.74, 6) is 0. The van der Waals surface area contributed by atoms with Gasteiger partial charge in [-0.3, -0.25) is 18.7 Å². The molecule has 4 aromatic rings. The first-order chi connectivity index (χ1) is 15.4. The molecule has 1 aliphatic heterocycles. The molecule has 0 saturated carbocycles. The van der Waals surface area contributed by atoms with Gasteiger partial charge in [-0.1, -0.05) is 42.5 Å². The van der Waals surface area contributed by atoms with Crippen LogP contribution in [-0.4, -0.2) is 25.4 Å². The van der Waals surface area contributed by atoms with Crippen LogP contribution in [0.25, 0.3) is 5.65 Å². The SMILES string of the molecule is O=c1c2c(n3cncc3n1Cc1ccc(C(F)(F)F)cc1)CCN(Cc1ccccc1)C2. The Morgan fingerprint density at radius 2 is 1.66 bits per heavy atom. The molecule has 0 spiro atoms. The van der Waals surface area contributed by atoms with Crippen LogP contribution >= 0.6 is 0 Å². The van der Waals surface area contributed by atoms with Crippen LogP contribution in [-0.2, 0) is 32.2 Å². The number of halogens is 3. The zero-order chi connectivity index (χ0) is 22.3. The highest BCUT2D eigenvalue weighted by molar-refractivity contribution is 5.43. The van der Waals surface area contributed by atoms with Gasteiger partial charge in [-0.2, -0.15) is 13.2 Å². The molecule has 0 atom stereocenters. The molecule has 0 unspecified atom stereocenters. The van der Waals surface area contributed by atoms with Gasteiger partial charge in [0.05, 0.1) is 23.9 Å². The molecule has 0 fully saturated rings. The van der Waals surface area contributed by atoms with E-state index in [9.17, 15) is 18.0 Å². The van der Waals surface area contributed by atoms with E-state index in [0.29, 0.717) is 23.3 Å². The van der Waals surface area contributed by atoms with Crippen molar-refractivity contribution >= 4 is 5.65 Å². The van der Waals surface area contributed by atoms with Crippen LogP contribution in [0.4, 0.5) is 13.2 Å². The van der Waals surface area contributed by atoms with E-state index in [1.807, 2.05) is 22.6 Å². The molecule has 5 rings (SSSR count). The minimum absolute atomic E-state index is 0.120. The van der Waals surface area contributed by atoms with E-state index in [1.165, 1.54) is 17.7 Å². The van der Waals surface area contributed by atoms with Gasteiger partial charge in [0.1, 0.15) is 12.0 Å². The Bertz CT molecular complexity index is 1310. The smallest absolute Gasteiger partial charge is 0.294 e. The molecule has 32 heavy (non-hydrogen) atoms. The fourth-order valence-electron chi connectivity index (χ4n) is 4.34. The number of aromatic nitrogens is 3. The summed E-state index contributed by atoms with van der Waals surface area (Å²) in [5.41, 5.74) is 3.30. The lowest BCUT2D eigenvalue weighted by Crippen LogP contribution is -2.38. The Morgan fingerprint density at radius 3 is 2.38 bits per heavy atom. The van der Waals surface area contributed by atoms with Crippen molar-refractivity contribution in [1.82, 2.24) is 18.9 Å². The van der Waals surface area contributed by atoms with Crippen LogP contribution in [0, 0.1) is 0 Å². The molecule has 2 aromatic carbocycles. The van der Waals surface area contributed by atoms with Gasteiger partial charge in [0.15, 0.2) is 0 Å². The van der Waals surface area contributed by atoms with Gasteiger partial charge >= 0.3 is 6.18 Å². The third kappa shape index (κ3) is 3.82. The van der Waals surface area contributed by atoms with E-state index in [4.69, 9.17) is 0 Å². The number of fused-ring (bicyclic) bond motifs is 3. The van der Waals surface area contributed by atoms with Crippen LogP contribution in [0.3, 0.4) is 0 Å². The second-order valence-electron chi connectivity index (χ2n) is 8.08. The summed E-state index contributed by atoms with van der Waals surface area (Å²) in [4.78, 5) is 19.9. The van der Waals surface area contributed by atoms with Crippen molar-refractivity contribution in [3.05, 3.63) is 105 Å². The lowest BCUT2D eigenvalue weighted by molar-refractivity contribution is -0.137. The van der Waals surface area contributed by atoms with Crippen LogP contribution in [0.5, 0.6) is 0 Å². The molecule has 5 nitrogen and oxygen atoms in total. The van der Waals surface area contributed by atoms with Gasteiger partial charge in [-0.15, -0.1) is 0 Å². The Morgan fingerprint density at radius 1 is 0.938 bits per heavy atom. The summed E-state index contributed by atoms with van der Waals surface area (Å²) in [5, 5.41) is 0. The van der Waals surface area contributed by atoms with E-state index in [0.717, 1.165) is 37.3 Å². The Kier molecular flexibility index (Phi) is 5.09. The summed E-state index contributed by atoms with van der Waals surface area (Å²) < 4.78 is 42.2. The average molecular weight is 438 g/mol. The molecule has 164 valence electrons. The van der Waals surface area contributed by atoms with Crippen molar-refractivity contribution in [1.29, 1.82) is 0 Å². The minimum atomic E-state index is -4.39. The predicted octanol–water partition coefficient (Wildman–Crippen LogP) is 4.12. The fourth-order valence-corrected chi connectivity index (χ4v) is 4.34. The molecule has 0 bridgehead atoms. The Labute approximate surface area is 182 Å². The standard InChI is InChI=1S/C24H21F3N4O/c25-24(26,27)19-8-6-18(7-9-19)14-30-22-12-28-16-31(22)21-10-11-29(15-20(21)23(30)32)13-17-4-2-1-3-5-17/h1-9,12,16H,10-11,13-15H2. The van der Waals surface area contributed by atoms with Gasteiger partial charge in [-0.25, -0.2) is 4.98 Å². The normalized spacial score (nSPS) is 14.6. The van der Waals surface area contributed by atoms with Crippen molar-refractivity contribution in [2.75, 3.05) is 6.54 Å². The number of imidazole rings is 1.